The molecule has 1 N–H and O–H groups in total. The fourth-order valence-electron chi connectivity index (χ4n) is 19.0. The van der Waals surface area contributed by atoms with Gasteiger partial charge in [0.1, 0.15) is 58.4 Å². The number of rotatable bonds is 34. The summed E-state index contributed by atoms with van der Waals surface area (Å²) < 4.78 is 72.6. The van der Waals surface area contributed by atoms with Crippen LogP contribution in [-0.4, -0.2) is 234 Å². The number of aryl methyl sites for hydroxylation is 3. The van der Waals surface area contributed by atoms with E-state index in [1.54, 1.807) is 134 Å². The van der Waals surface area contributed by atoms with E-state index in [1.165, 1.54) is 10.5 Å². The normalized spacial score (nSPS) is 14.9. The van der Waals surface area contributed by atoms with Crippen molar-refractivity contribution in [1.29, 1.82) is 0 Å². The Hall–Kier alpha value is -16.1. The van der Waals surface area contributed by atoms with Crippen LogP contribution in [0.2, 0.25) is 0 Å². The van der Waals surface area contributed by atoms with Crippen LogP contribution in [0.1, 0.15) is 131 Å². The topological polar surface area (TPSA) is 323 Å². The summed E-state index contributed by atoms with van der Waals surface area (Å²) in [5, 5.41) is 21.1. The first-order chi connectivity index (χ1) is 73.0. The van der Waals surface area contributed by atoms with Crippen LogP contribution >= 0.6 is 0 Å². The Balaban J connectivity index is 0.000000131. The lowest BCUT2D eigenvalue weighted by molar-refractivity contribution is -0.0395. The van der Waals surface area contributed by atoms with E-state index in [0.29, 0.717) is 65.0 Å². The Morgan fingerprint density at radius 2 is 0.807 bits per heavy atom. The first-order valence-corrected chi connectivity index (χ1v) is 51.0. The van der Waals surface area contributed by atoms with Crippen molar-refractivity contribution >= 4 is 101 Å². The number of benzene rings is 9. The third-order valence-corrected chi connectivity index (χ3v) is 27.3. The van der Waals surface area contributed by atoms with E-state index >= 15 is 0 Å². The van der Waals surface area contributed by atoms with E-state index in [4.69, 9.17) is 62.6 Å². The summed E-state index contributed by atoms with van der Waals surface area (Å²) in [5.41, 5.74) is 21.6. The minimum Gasteiger partial charge on any atom is -0.497 e. The maximum atomic E-state index is 14.4. The first-order valence-electron chi connectivity index (χ1n) is 51.0. The summed E-state index contributed by atoms with van der Waals surface area (Å²) in [6.45, 7) is 17.8. The molecule has 150 heavy (non-hydrogen) atoms. The molecule has 2 unspecified atom stereocenters. The number of carbonyl (C=O) groups excluding carboxylic acids is 2. The number of fused-ring (bicyclic) bond motifs is 5. The monoisotopic (exact) mass is 2030 g/mol. The van der Waals surface area contributed by atoms with Crippen LogP contribution in [0.3, 0.4) is 0 Å². The van der Waals surface area contributed by atoms with Crippen molar-refractivity contribution in [3.05, 3.63) is 261 Å². The molecular formula is C115H128FN23O11. The van der Waals surface area contributed by atoms with Crippen LogP contribution in [0.4, 0.5) is 49.9 Å². The fraction of sp³-hybridized carbons (Fsp3) is 0.339. The quantitative estimate of drug-likeness (QED) is 0.0366. The van der Waals surface area contributed by atoms with Gasteiger partial charge in [-0.2, -0.15) is 20.4 Å². The molecule has 0 radical (unpaired) electrons. The highest BCUT2D eigenvalue weighted by molar-refractivity contribution is 6.21. The molecule has 4 aliphatic heterocycles. The van der Waals surface area contributed by atoms with Gasteiger partial charge in [0, 0.05) is 192 Å². The third-order valence-electron chi connectivity index (χ3n) is 27.3. The molecule has 0 saturated carbocycles. The number of amides is 2. The number of likely N-dealkylation sites (tertiary alicyclic amines) is 1. The SMILES string of the molecule is CCCN(c1ccc2ncc(-c3cnn(C4CCCCO4)c3)nc2c1)c1cc(OC)ccc1OC.CCc1cc(OC)cc(N(CCN2CCC(C)(F)CC2)c2ccc3ncc(-c4cnn(C)c4)nc3c2)c1.COc1ccc(OC)c(N(CCN2C(=O)c3ccccc3C2=O)c2ccc3ncc(-c4cnn(C5CCCCO5)c4)nc3c2)c1.COc1ccc(OC)c(N(CCNC(C)C)c2ccc3ncc(-c4cnn(C)c4)nc3c2)c1. The van der Waals surface area contributed by atoms with E-state index in [9.17, 15) is 14.0 Å². The Morgan fingerprint density at radius 1 is 0.413 bits per heavy atom. The predicted octanol–water partition coefficient (Wildman–Crippen LogP) is 21.1. The number of hydrogen-bond acceptors (Lipinski definition) is 29. The average Bonchev–Trinajstić information content (AvgIpc) is 1.64. The van der Waals surface area contributed by atoms with Crippen molar-refractivity contribution in [2.45, 2.75) is 123 Å². The minimum atomic E-state index is -1.05. The molecule has 21 rings (SSSR count). The standard InChI is InChI=1S/C34H32N6O5.C29H35FN6O.C27H31N5O3.C25H30N6O2/c1-43-24-11-13-31(44-2)30(18-24)38(14-15-39-33(41)25-7-3-4-8-26(25)34(39)42)23-10-12-27-28(17-23)37-29(20-35-27)22-19-36-40(21-22)32-9-5-6-16-45-32;1-5-21-14-24(16-25(15-21)37-4)36(13-12-35-10-8-29(2,30)9-11-35)23-6-7-26-27(17-23)33-28(19-31-26)22-18-32-34(3)20-22;1-4-12-31(25-15-21(33-2)9-11-26(25)34-3)20-8-10-22-23(14-20)30-24(17-28-22)19-16-29-32(18-19)27-7-5-6-13-35-27;1-17(2)26-10-11-31(24-13-20(32-4)7-9-25(24)33-5)19-6-8-21-22(12-19)29-23(15-27-21)18-14-28-30(3)16-18/h3-4,7-8,10-13,17-21,32H,5-6,9,14-16H2,1-2H3;6-7,14-20H,5,8-13H2,1-4H3;8-11,14-18,27H,4-7,12-13H2,1-3H3;6-9,12-17,26H,10-11H2,1-5H3. The molecule has 17 aromatic rings. The van der Waals surface area contributed by atoms with Crippen molar-refractivity contribution in [1.82, 2.24) is 94.1 Å². The fourth-order valence-corrected chi connectivity index (χ4v) is 19.0. The molecule has 2 atom stereocenters. The molecule has 3 fully saturated rings. The summed E-state index contributed by atoms with van der Waals surface area (Å²) in [6.07, 6.45) is 31.5. The van der Waals surface area contributed by atoms with Crippen LogP contribution in [0.5, 0.6) is 40.2 Å². The van der Waals surface area contributed by atoms with Crippen LogP contribution in [-0.2, 0) is 30.0 Å². The van der Waals surface area contributed by atoms with Crippen LogP contribution < -0.4 is 58.1 Å². The molecule has 12 heterocycles. The summed E-state index contributed by atoms with van der Waals surface area (Å²) >= 11 is 0. The lowest BCUT2D eigenvalue weighted by Crippen LogP contribution is -2.43. The number of aromatic nitrogens is 16. The maximum Gasteiger partial charge on any atom is 0.261 e. The molecule has 0 bridgehead atoms. The number of nitrogens with one attached hydrogen (secondary N) is 1. The zero-order chi connectivity index (χ0) is 104. The zero-order valence-corrected chi connectivity index (χ0v) is 87.4. The van der Waals surface area contributed by atoms with Gasteiger partial charge in [-0.25, -0.2) is 33.7 Å². The van der Waals surface area contributed by atoms with Crippen molar-refractivity contribution in [2.24, 2.45) is 14.1 Å². The largest absolute Gasteiger partial charge is 0.497 e. The van der Waals surface area contributed by atoms with Gasteiger partial charge < -0.3 is 72.4 Å². The highest BCUT2D eigenvalue weighted by Crippen LogP contribution is 2.44. The Morgan fingerprint density at radius 3 is 1.18 bits per heavy atom. The molecule has 4 aliphatic rings. The number of piperidine rings is 1. The molecule has 0 spiro atoms. The number of hydrogen-bond donors (Lipinski definition) is 1. The van der Waals surface area contributed by atoms with Gasteiger partial charge >= 0.3 is 0 Å². The summed E-state index contributed by atoms with van der Waals surface area (Å²) in [6, 6.07) is 55.2. The molecule has 2 amide bonds. The van der Waals surface area contributed by atoms with Gasteiger partial charge in [0.25, 0.3) is 11.8 Å². The van der Waals surface area contributed by atoms with Gasteiger partial charge in [-0.05, 0) is 210 Å². The molecular weight excluding hydrogens is 1900 g/mol. The van der Waals surface area contributed by atoms with Crippen LogP contribution in [0.15, 0.2) is 244 Å². The van der Waals surface area contributed by atoms with Gasteiger partial charge in [-0.15, -0.1) is 0 Å². The van der Waals surface area contributed by atoms with Gasteiger partial charge in [-0.3, -0.25) is 43.8 Å². The summed E-state index contributed by atoms with van der Waals surface area (Å²) in [7, 11) is 15.4. The average molecular weight is 2030 g/mol. The first kappa shape index (κ1) is 104. The number of carbonyl (C=O) groups is 2. The molecule has 3 saturated heterocycles. The molecule has 776 valence electrons. The highest BCUT2D eigenvalue weighted by Gasteiger charge is 2.37. The zero-order valence-electron chi connectivity index (χ0n) is 87.4. The van der Waals surface area contributed by atoms with Crippen molar-refractivity contribution in [3.8, 4) is 85.3 Å². The van der Waals surface area contributed by atoms with Crippen LogP contribution in [0.25, 0.3) is 89.2 Å². The predicted molar refractivity (Wildman–Crippen MR) is 582 cm³/mol. The number of nitrogens with zero attached hydrogens (tertiary/aromatic N) is 22. The van der Waals surface area contributed by atoms with Crippen molar-refractivity contribution in [3.63, 3.8) is 0 Å². The Kier molecular flexibility index (Phi) is 33.1. The Bertz CT molecular complexity index is 7500. The van der Waals surface area contributed by atoms with E-state index in [1.807, 2.05) is 150 Å². The smallest absolute Gasteiger partial charge is 0.261 e. The molecule has 35 heteroatoms. The second-order valence-corrected chi connectivity index (χ2v) is 37.9. The third kappa shape index (κ3) is 24.3. The molecule has 0 aliphatic carbocycles. The maximum absolute atomic E-state index is 14.4. The van der Waals surface area contributed by atoms with E-state index in [2.05, 4.69) is 148 Å². The number of ether oxygens (including phenoxy) is 9. The molecule has 9 aromatic carbocycles. The highest BCUT2D eigenvalue weighted by atomic mass is 19.1. The van der Waals surface area contributed by atoms with Crippen LogP contribution in [0, 0.1) is 0 Å². The van der Waals surface area contributed by atoms with Gasteiger partial charge in [-0.1, -0.05) is 39.8 Å². The van der Waals surface area contributed by atoms with Gasteiger partial charge in [0.05, 0.1) is 194 Å². The lowest BCUT2D eigenvalue weighted by atomic mass is 9.96. The number of alkyl halides is 1. The second-order valence-electron chi connectivity index (χ2n) is 37.9. The number of methoxy groups -OCH3 is 7. The summed E-state index contributed by atoms with van der Waals surface area (Å²) in [5.74, 6) is 4.59. The number of halogens is 1. The van der Waals surface area contributed by atoms with Crippen molar-refractivity contribution in [2.75, 3.05) is 141 Å². The molecule has 8 aromatic heterocycles. The summed E-state index contributed by atoms with van der Waals surface area (Å²) in [4.78, 5) is 77.0. The van der Waals surface area contributed by atoms with Gasteiger partial charge in [0.15, 0.2) is 0 Å². The lowest BCUT2D eigenvalue weighted by Gasteiger charge is -2.36. The van der Waals surface area contributed by atoms with E-state index in [-0.39, 0.29) is 30.8 Å². The van der Waals surface area contributed by atoms with E-state index in [0.717, 1.165) is 257 Å². The van der Waals surface area contributed by atoms with Gasteiger partial charge in [0.2, 0.25) is 0 Å². The Labute approximate surface area is 872 Å². The number of imide groups is 1. The van der Waals surface area contributed by atoms with Crippen molar-refractivity contribution < 1.29 is 56.6 Å². The van der Waals surface area contributed by atoms with E-state index < -0.39 is 5.67 Å². The minimum absolute atomic E-state index is 0.00188. The number of anilines is 8. The molecule has 34 nitrogen and oxygen atoms in total. The second kappa shape index (κ2) is 47.8.